The van der Waals surface area contributed by atoms with Crippen molar-refractivity contribution in [2.45, 2.75) is 24.7 Å². The van der Waals surface area contributed by atoms with E-state index >= 15 is 0 Å². The van der Waals surface area contributed by atoms with E-state index in [0.29, 0.717) is 16.7 Å². The van der Waals surface area contributed by atoms with Crippen LogP contribution in [0.3, 0.4) is 0 Å². The fraction of sp³-hybridized carbons (Fsp3) is 0.211. The molecule has 26 heavy (non-hydrogen) atoms. The second-order valence-electron chi connectivity index (χ2n) is 5.89. The highest BCUT2D eigenvalue weighted by Gasteiger charge is 2.21. The first-order chi connectivity index (χ1) is 12.5. The van der Waals surface area contributed by atoms with Crippen molar-refractivity contribution >= 4 is 32.4 Å². The van der Waals surface area contributed by atoms with Crippen LogP contribution in [0.25, 0.3) is 11.0 Å². The zero-order valence-corrected chi connectivity index (χ0v) is 15.4. The van der Waals surface area contributed by atoms with Crippen LogP contribution in [-0.4, -0.2) is 15.5 Å². The summed E-state index contributed by atoms with van der Waals surface area (Å²) in [6, 6.07) is 13.6. The fourth-order valence-electron chi connectivity index (χ4n) is 2.82. The Labute approximate surface area is 151 Å². The smallest absolute Gasteiger partial charge is 0.363 e. The Balaban J connectivity index is 2.04. The van der Waals surface area contributed by atoms with Gasteiger partial charge in [0.1, 0.15) is 5.58 Å². The molecule has 1 heterocycles. The largest absolute Gasteiger partial charge is 0.421 e. The van der Waals surface area contributed by atoms with Crippen molar-refractivity contribution in [1.82, 2.24) is 0 Å². The van der Waals surface area contributed by atoms with E-state index in [1.54, 1.807) is 43.4 Å². The number of rotatable bonds is 6. The van der Waals surface area contributed by atoms with E-state index < -0.39 is 15.6 Å². The van der Waals surface area contributed by atoms with E-state index in [2.05, 4.69) is 17.0 Å². The first-order valence-electron chi connectivity index (χ1n) is 8.31. The molecule has 2 N–H and O–H groups in total. The summed E-state index contributed by atoms with van der Waals surface area (Å²) >= 11 is 0. The molecule has 0 bridgehead atoms. The van der Waals surface area contributed by atoms with Crippen LogP contribution in [0.2, 0.25) is 0 Å². The molecule has 0 saturated heterocycles. The molecular weight excluding hydrogens is 352 g/mol. The van der Waals surface area contributed by atoms with Crippen molar-refractivity contribution in [2.75, 3.05) is 17.1 Å². The number of anilines is 2. The quantitative estimate of drug-likeness (QED) is 0.646. The molecule has 2 aromatic carbocycles. The van der Waals surface area contributed by atoms with Gasteiger partial charge in [-0.3, -0.25) is 4.72 Å². The van der Waals surface area contributed by atoms with Gasteiger partial charge in [0, 0.05) is 12.4 Å². The molecule has 0 spiro atoms. The van der Waals surface area contributed by atoms with Gasteiger partial charge in [0.15, 0.2) is 5.69 Å². The Kier molecular flexibility index (Phi) is 4.99. The monoisotopic (exact) mass is 372 g/mol. The maximum absolute atomic E-state index is 12.7. The molecule has 0 aliphatic carbocycles. The van der Waals surface area contributed by atoms with E-state index in [4.69, 9.17) is 4.42 Å². The van der Waals surface area contributed by atoms with Crippen LogP contribution >= 0.6 is 0 Å². The molecule has 0 atom stereocenters. The molecule has 0 fully saturated rings. The van der Waals surface area contributed by atoms with Gasteiger partial charge in [0.2, 0.25) is 0 Å². The highest BCUT2D eigenvalue weighted by Crippen LogP contribution is 2.29. The summed E-state index contributed by atoms with van der Waals surface area (Å²) in [5.41, 5.74) is 0.937. The third-order valence-corrected chi connectivity index (χ3v) is 5.44. The average Bonchev–Trinajstić information content (AvgIpc) is 2.63. The molecule has 3 aromatic rings. The summed E-state index contributed by atoms with van der Waals surface area (Å²) in [6.45, 7) is 2.06. The lowest BCUT2D eigenvalue weighted by Gasteiger charge is -2.13. The number of sulfonamides is 1. The van der Waals surface area contributed by atoms with Gasteiger partial charge in [0.25, 0.3) is 10.0 Å². The van der Waals surface area contributed by atoms with Gasteiger partial charge in [-0.15, -0.1) is 0 Å². The lowest BCUT2D eigenvalue weighted by Crippen LogP contribution is -2.20. The lowest BCUT2D eigenvalue weighted by atomic mass is 10.1. The minimum Gasteiger partial charge on any atom is -0.421 e. The summed E-state index contributed by atoms with van der Waals surface area (Å²) in [5.74, 6) is 0. The van der Waals surface area contributed by atoms with E-state index in [0.717, 1.165) is 18.4 Å². The van der Waals surface area contributed by atoms with Crippen molar-refractivity contribution < 1.29 is 12.8 Å². The van der Waals surface area contributed by atoms with Crippen molar-refractivity contribution in [3.8, 4) is 0 Å². The lowest BCUT2D eigenvalue weighted by molar-refractivity contribution is 0.563. The first-order valence-corrected chi connectivity index (χ1v) is 9.80. The molecule has 0 unspecified atom stereocenters. The second kappa shape index (κ2) is 7.21. The third-order valence-electron chi connectivity index (χ3n) is 4.07. The zero-order valence-electron chi connectivity index (χ0n) is 14.6. The van der Waals surface area contributed by atoms with Crippen molar-refractivity contribution in [2.24, 2.45) is 0 Å². The Morgan fingerprint density at radius 1 is 1.00 bits per heavy atom. The molecule has 3 rings (SSSR count). The Morgan fingerprint density at radius 3 is 2.35 bits per heavy atom. The number of fused-ring (bicyclic) bond motifs is 1. The summed E-state index contributed by atoms with van der Waals surface area (Å²) in [6.07, 6.45) is 1.86. The standard InChI is InChI=1S/C19H20N2O4S/c1-3-6-13-9-11-14(12-10-13)26(23,24)21-18-17(20-2)15-7-4-5-8-16(15)25-19(18)22/h4-5,7-12,20-21H,3,6H2,1-2H3. The number of aryl methyl sites for hydroxylation is 1. The maximum Gasteiger partial charge on any atom is 0.363 e. The summed E-state index contributed by atoms with van der Waals surface area (Å²) in [5, 5.41) is 3.51. The van der Waals surface area contributed by atoms with Crippen LogP contribution < -0.4 is 15.7 Å². The molecule has 0 aliphatic rings. The molecule has 0 saturated carbocycles. The van der Waals surface area contributed by atoms with Crippen LogP contribution in [0.1, 0.15) is 18.9 Å². The highest BCUT2D eigenvalue weighted by atomic mass is 32.2. The van der Waals surface area contributed by atoms with Crippen molar-refractivity contribution in [3.05, 3.63) is 64.5 Å². The van der Waals surface area contributed by atoms with Gasteiger partial charge in [-0.05, 0) is 36.2 Å². The van der Waals surface area contributed by atoms with Crippen LogP contribution in [-0.2, 0) is 16.4 Å². The summed E-state index contributed by atoms with van der Waals surface area (Å²) in [7, 11) is -2.30. The van der Waals surface area contributed by atoms with Gasteiger partial charge in [-0.2, -0.15) is 0 Å². The second-order valence-corrected chi connectivity index (χ2v) is 7.57. The molecule has 1 aromatic heterocycles. The van der Waals surface area contributed by atoms with Crippen molar-refractivity contribution in [1.29, 1.82) is 0 Å². The van der Waals surface area contributed by atoms with E-state index in [1.165, 1.54) is 12.1 Å². The van der Waals surface area contributed by atoms with Gasteiger partial charge >= 0.3 is 5.63 Å². The third kappa shape index (κ3) is 3.43. The Morgan fingerprint density at radius 2 is 1.69 bits per heavy atom. The van der Waals surface area contributed by atoms with Crippen LogP contribution in [0.5, 0.6) is 0 Å². The van der Waals surface area contributed by atoms with E-state index in [1.807, 2.05) is 0 Å². The van der Waals surface area contributed by atoms with Gasteiger partial charge < -0.3 is 9.73 Å². The topological polar surface area (TPSA) is 88.4 Å². The number of hydrogen-bond acceptors (Lipinski definition) is 5. The predicted octanol–water partition coefficient (Wildman–Crippen LogP) is 3.59. The molecule has 0 amide bonds. The van der Waals surface area contributed by atoms with Crippen molar-refractivity contribution in [3.63, 3.8) is 0 Å². The van der Waals surface area contributed by atoms with Gasteiger partial charge in [-0.25, -0.2) is 13.2 Å². The SMILES string of the molecule is CCCc1ccc(S(=O)(=O)Nc2c(NC)c3ccccc3oc2=O)cc1. The molecule has 0 radical (unpaired) electrons. The minimum atomic E-state index is -3.92. The molecular formula is C19H20N2O4S. The molecule has 7 heteroatoms. The fourth-order valence-corrected chi connectivity index (χ4v) is 3.89. The number of hydrogen-bond donors (Lipinski definition) is 2. The van der Waals surface area contributed by atoms with Gasteiger partial charge in [-0.1, -0.05) is 37.6 Å². The number of para-hydroxylation sites is 1. The summed E-state index contributed by atoms with van der Waals surface area (Å²) in [4.78, 5) is 12.4. The Hall–Kier alpha value is -2.80. The first kappa shape index (κ1) is 18.0. The number of benzene rings is 2. The van der Waals surface area contributed by atoms with Crippen LogP contribution in [0.4, 0.5) is 11.4 Å². The Bertz CT molecular complexity index is 1090. The summed E-state index contributed by atoms with van der Waals surface area (Å²) < 4.78 is 33.0. The van der Waals surface area contributed by atoms with E-state index in [9.17, 15) is 13.2 Å². The molecule has 6 nitrogen and oxygen atoms in total. The highest BCUT2D eigenvalue weighted by molar-refractivity contribution is 7.92. The molecule has 136 valence electrons. The molecule has 0 aliphatic heterocycles. The average molecular weight is 372 g/mol. The van der Waals surface area contributed by atoms with Crippen LogP contribution in [0, 0.1) is 0 Å². The predicted molar refractivity (Wildman–Crippen MR) is 103 cm³/mol. The zero-order chi connectivity index (χ0) is 18.7. The van der Waals surface area contributed by atoms with Gasteiger partial charge in [0.05, 0.1) is 10.6 Å². The minimum absolute atomic E-state index is 0.0898. The number of nitrogens with one attached hydrogen (secondary N) is 2. The normalized spacial score (nSPS) is 11.5. The van der Waals surface area contributed by atoms with Crippen LogP contribution in [0.15, 0.2) is 62.6 Å². The maximum atomic E-state index is 12.7. The van der Waals surface area contributed by atoms with E-state index in [-0.39, 0.29) is 10.6 Å².